The standard InChI is InChI=1S/C12H15ClO6/c1-4-10(14)17-6-9(7-18-11(15)5-13)19-12(16)8(2)3/h4,9H,1-2,5-7H2,3H3. The molecule has 106 valence electrons. The Hall–Kier alpha value is -1.82. The maximum absolute atomic E-state index is 11.3. The van der Waals surface area contributed by atoms with Crippen LogP contribution in [0.1, 0.15) is 6.92 Å². The van der Waals surface area contributed by atoms with Gasteiger partial charge in [0.15, 0.2) is 6.10 Å². The molecule has 0 saturated carbocycles. The van der Waals surface area contributed by atoms with Crippen LogP contribution in [0.4, 0.5) is 0 Å². The third-order valence-corrected chi connectivity index (χ3v) is 1.96. The van der Waals surface area contributed by atoms with E-state index in [0.29, 0.717) is 0 Å². The van der Waals surface area contributed by atoms with Crippen LogP contribution >= 0.6 is 11.6 Å². The number of ether oxygens (including phenoxy) is 3. The fraction of sp³-hybridized carbons (Fsp3) is 0.417. The summed E-state index contributed by atoms with van der Waals surface area (Å²) < 4.78 is 14.3. The minimum atomic E-state index is -0.930. The van der Waals surface area contributed by atoms with E-state index in [2.05, 4.69) is 13.2 Å². The Balaban J connectivity index is 4.40. The quantitative estimate of drug-likeness (QED) is 0.287. The van der Waals surface area contributed by atoms with Gasteiger partial charge in [-0.1, -0.05) is 13.2 Å². The predicted octanol–water partition coefficient (Wildman–Crippen LogP) is 0.985. The third-order valence-electron chi connectivity index (χ3n) is 1.74. The van der Waals surface area contributed by atoms with Crippen LogP contribution in [0.3, 0.4) is 0 Å². The summed E-state index contributed by atoms with van der Waals surface area (Å²) in [6, 6.07) is 0. The summed E-state index contributed by atoms with van der Waals surface area (Å²) in [5.74, 6) is -2.36. The molecule has 0 bridgehead atoms. The molecule has 0 aromatic carbocycles. The van der Waals surface area contributed by atoms with Crippen molar-refractivity contribution in [2.75, 3.05) is 19.1 Å². The van der Waals surface area contributed by atoms with Crippen LogP contribution in [0.15, 0.2) is 24.8 Å². The summed E-state index contributed by atoms with van der Waals surface area (Å²) >= 11 is 5.25. The number of hydrogen-bond acceptors (Lipinski definition) is 6. The monoisotopic (exact) mass is 290 g/mol. The lowest BCUT2D eigenvalue weighted by Crippen LogP contribution is -2.31. The fourth-order valence-electron chi connectivity index (χ4n) is 0.827. The topological polar surface area (TPSA) is 78.9 Å². The highest BCUT2D eigenvalue weighted by Gasteiger charge is 2.19. The van der Waals surface area contributed by atoms with Crippen molar-refractivity contribution < 1.29 is 28.6 Å². The van der Waals surface area contributed by atoms with Crippen molar-refractivity contribution >= 4 is 29.5 Å². The Morgan fingerprint density at radius 2 is 1.84 bits per heavy atom. The van der Waals surface area contributed by atoms with Gasteiger partial charge in [0.1, 0.15) is 19.1 Å². The Morgan fingerprint density at radius 1 is 1.26 bits per heavy atom. The summed E-state index contributed by atoms with van der Waals surface area (Å²) in [5.41, 5.74) is 0.170. The fourth-order valence-corrected chi connectivity index (χ4v) is 0.904. The largest absolute Gasteiger partial charge is 0.461 e. The molecule has 1 atom stereocenters. The highest BCUT2D eigenvalue weighted by molar-refractivity contribution is 6.26. The molecule has 6 nitrogen and oxygen atoms in total. The van der Waals surface area contributed by atoms with Gasteiger partial charge < -0.3 is 14.2 Å². The summed E-state index contributed by atoms with van der Waals surface area (Å²) in [5, 5.41) is 0. The first kappa shape index (κ1) is 17.2. The maximum atomic E-state index is 11.3. The van der Waals surface area contributed by atoms with Crippen molar-refractivity contribution in [1.29, 1.82) is 0 Å². The number of carbonyl (C=O) groups is 3. The van der Waals surface area contributed by atoms with Crippen LogP contribution in [0.5, 0.6) is 0 Å². The lowest BCUT2D eigenvalue weighted by Gasteiger charge is -2.17. The first-order valence-corrected chi connectivity index (χ1v) is 5.81. The molecule has 0 spiro atoms. The second kappa shape index (κ2) is 9.16. The zero-order valence-corrected chi connectivity index (χ0v) is 11.3. The Kier molecular flexibility index (Phi) is 8.28. The molecule has 0 heterocycles. The molecule has 0 aliphatic heterocycles. The van der Waals surface area contributed by atoms with E-state index in [0.717, 1.165) is 6.08 Å². The Morgan fingerprint density at radius 3 is 2.32 bits per heavy atom. The van der Waals surface area contributed by atoms with Gasteiger partial charge in [-0.3, -0.25) is 4.79 Å². The normalized spacial score (nSPS) is 11.1. The minimum absolute atomic E-state index is 0.170. The van der Waals surface area contributed by atoms with Crippen LogP contribution in [-0.4, -0.2) is 43.1 Å². The molecule has 0 aliphatic carbocycles. The number of hydrogen-bond donors (Lipinski definition) is 0. The van der Waals surface area contributed by atoms with E-state index in [4.69, 9.17) is 25.8 Å². The van der Waals surface area contributed by atoms with Crippen LogP contribution < -0.4 is 0 Å². The van der Waals surface area contributed by atoms with Gasteiger partial charge in [0.2, 0.25) is 0 Å². The van der Waals surface area contributed by atoms with E-state index in [1.807, 2.05) is 0 Å². The molecule has 0 amide bonds. The number of rotatable bonds is 8. The number of alkyl halides is 1. The molecular formula is C12H15ClO6. The average molecular weight is 291 g/mol. The van der Waals surface area contributed by atoms with E-state index in [9.17, 15) is 14.4 Å². The molecule has 0 fully saturated rings. The first-order chi connectivity index (χ1) is 8.90. The molecule has 0 aromatic heterocycles. The van der Waals surface area contributed by atoms with Gasteiger partial charge in [-0.2, -0.15) is 0 Å². The molecular weight excluding hydrogens is 276 g/mol. The van der Waals surface area contributed by atoms with E-state index >= 15 is 0 Å². The SMILES string of the molecule is C=CC(=O)OCC(COC(=O)CCl)OC(=O)C(=C)C. The van der Waals surface area contributed by atoms with E-state index < -0.39 is 24.0 Å². The minimum Gasteiger partial charge on any atom is -0.461 e. The van der Waals surface area contributed by atoms with Crippen LogP contribution in [0.25, 0.3) is 0 Å². The number of halogens is 1. The van der Waals surface area contributed by atoms with Crippen molar-refractivity contribution in [2.24, 2.45) is 0 Å². The molecule has 0 N–H and O–H groups in total. The molecule has 0 saturated heterocycles. The van der Waals surface area contributed by atoms with Crippen LogP contribution in [-0.2, 0) is 28.6 Å². The van der Waals surface area contributed by atoms with Crippen molar-refractivity contribution in [2.45, 2.75) is 13.0 Å². The highest BCUT2D eigenvalue weighted by Crippen LogP contribution is 2.02. The van der Waals surface area contributed by atoms with Gasteiger partial charge in [-0.15, -0.1) is 11.6 Å². The second-order valence-corrected chi connectivity index (χ2v) is 3.73. The molecule has 0 radical (unpaired) electrons. The molecule has 0 aliphatic rings. The smallest absolute Gasteiger partial charge is 0.333 e. The van der Waals surface area contributed by atoms with Gasteiger partial charge >= 0.3 is 17.9 Å². The summed E-state index contributed by atoms with van der Waals surface area (Å²) in [6.07, 6.45) is 0.0304. The molecule has 19 heavy (non-hydrogen) atoms. The van der Waals surface area contributed by atoms with E-state index in [1.54, 1.807) is 0 Å². The highest BCUT2D eigenvalue weighted by atomic mass is 35.5. The molecule has 0 rings (SSSR count). The van der Waals surface area contributed by atoms with Crippen LogP contribution in [0.2, 0.25) is 0 Å². The molecule has 7 heteroatoms. The average Bonchev–Trinajstić information content (AvgIpc) is 2.40. The number of esters is 3. The van der Waals surface area contributed by atoms with Gasteiger partial charge in [-0.05, 0) is 6.92 Å². The van der Waals surface area contributed by atoms with Crippen molar-refractivity contribution in [3.63, 3.8) is 0 Å². The van der Waals surface area contributed by atoms with E-state index in [-0.39, 0.29) is 24.7 Å². The van der Waals surface area contributed by atoms with Crippen molar-refractivity contribution in [3.8, 4) is 0 Å². The summed E-state index contributed by atoms with van der Waals surface area (Å²) in [7, 11) is 0. The third kappa shape index (κ3) is 7.99. The first-order valence-electron chi connectivity index (χ1n) is 5.28. The van der Waals surface area contributed by atoms with Gasteiger partial charge in [0.05, 0.1) is 0 Å². The van der Waals surface area contributed by atoms with E-state index in [1.165, 1.54) is 6.92 Å². The molecule has 1 unspecified atom stereocenters. The zero-order chi connectivity index (χ0) is 14.8. The number of carbonyl (C=O) groups excluding carboxylic acids is 3. The second-order valence-electron chi connectivity index (χ2n) is 3.46. The molecule has 0 aromatic rings. The lowest BCUT2D eigenvalue weighted by atomic mass is 10.3. The van der Waals surface area contributed by atoms with Gasteiger partial charge in [-0.25, -0.2) is 9.59 Å². The van der Waals surface area contributed by atoms with Crippen molar-refractivity contribution in [1.82, 2.24) is 0 Å². The lowest BCUT2D eigenvalue weighted by molar-refractivity contribution is -0.161. The zero-order valence-electron chi connectivity index (χ0n) is 10.5. The summed E-state index contributed by atoms with van der Waals surface area (Å²) in [6.45, 7) is 7.54. The van der Waals surface area contributed by atoms with Crippen LogP contribution in [0, 0.1) is 0 Å². The van der Waals surface area contributed by atoms with Gasteiger partial charge in [0.25, 0.3) is 0 Å². The maximum Gasteiger partial charge on any atom is 0.333 e. The Bertz CT molecular complexity index is 376. The Labute approximate surface area is 116 Å². The summed E-state index contributed by atoms with van der Waals surface area (Å²) in [4.78, 5) is 33.1. The van der Waals surface area contributed by atoms with Gasteiger partial charge in [0, 0.05) is 11.6 Å². The van der Waals surface area contributed by atoms with Crippen molar-refractivity contribution in [3.05, 3.63) is 24.8 Å². The predicted molar refractivity (Wildman–Crippen MR) is 67.5 cm³/mol.